The molecule has 0 aliphatic carbocycles. The standard InChI is InChI=1S/C17H19NO4S2/c1-12-14(11-15(22-12)13-5-3-2-4-6-13)17(21)18-8-10-24-23-9-7-16(19)20/h2-6,11H,7-10H2,1H3,(H,18,21)(H,19,20). The van der Waals surface area contributed by atoms with Crippen LogP contribution in [0.5, 0.6) is 0 Å². The molecular formula is C17H19NO4S2. The van der Waals surface area contributed by atoms with E-state index in [1.165, 1.54) is 10.8 Å². The molecule has 0 radical (unpaired) electrons. The number of nitrogens with one attached hydrogen (secondary N) is 1. The molecule has 0 spiro atoms. The van der Waals surface area contributed by atoms with Crippen molar-refractivity contribution in [2.45, 2.75) is 13.3 Å². The molecule has 5 nitrogen and oxygen atoms in total. The third-order valence-electron chi connectivity index (χ3n) is 3.17. The van der Waals surface area contributed by atoms with Crippen molar-refractivity contribution >= 4 is 33.5 Å². The monoisotopic (exact) mass is 365 g/mol. The Morgan fingerprint density at radius 1 is 1.17 bits per heavy atom. The second kappa shape index (κ2) is 9.44. The number of carbonyl (C=O) groups excluding carboxylic acids is 1. The molecule has 0 saturated heterocycles. The van der Waals surface area contributed by atoms with Crippen molar-refractivity contribution in [2.24, 2.45) is 0 Å². The number of carboxylic acids is 1. The van der Waals surface area contributed by atoms with Gasteiger partial charge < -0.3 is 14.8 Å². The molecule has 0 saturated carbocycles. The van der Waals surface area contributed by atoms with Crippen LogP contribution in [0.15, 0.2) is 40.8 Å². The number of aryl methyl sites for hydroxylation is 1. The van der Waals surface area contributed by atoms with Crippen LogP contribution in [0.25, 0.3) is 11.3 Å². The summed E-state index contributed by atoms with van der Waals surface area (Å²) in [5.41, 5.74) is 1.47. The number of carbonyl (C=O) groups is 2. The fourth-order valence-corrected chi connectivity index (χ4v) is 3.89. The van der Waals surface area contributed by atoms with Crippen LogP contribution in [0.3, 0.4) is 0 Å². The fourth-order valence-electron chi connectivity index (χ4n) is 2.00. The Labute approximate surface area is 148 Å². The van der Waals surface area contributed by atoms with Crippen LogP contribution in [0.4, 0.5) is 0 Å². The van der Waals surface area contributed by atoms with E-state index in [0.717, 1.165) is 11.3 Å². The van der Waals surface area contributed by atoms with Crippen LogP contribution in [0, 0.1) is 6.92 Å². The van der Waals surface area contributed by atoms with E-state index in [4.69, 9.17) is 9.52 Å². The SMILES string of the molecule is Cc1oc(-c2ccccc2)cc1C(=O)NCCSSCCC(=O)O. The summed E-state index contributed by atoms with van der Waals surface area (Å²) in [5, 5.41) is 11.4. The Balaban J connectivity index is 1.79. The maximum Gasteiger partial charge on any atom is 0.304 e. The van der Waals surface area contributed by atoms with Crippen molar-refractivity contribution in [3.8, 4) is 11.3 Å². The topological polar surface area (TPSA) is 79.5 Å². The molecule has 0 bridgehead atoms. The lowest BCUT2D eigenvalue weighted by Crippen LogP contribution is -2.25. The first kappa shape index (κ1) is 18.5. The van der Waals surface area contributed by atoms with Gasteiger partial charge in [0.15, 0.2) is 0 Å². The molecular weight excluding hydrogens is 346 g/mol. The number of amides is 1. The molecule has 0 aliphatic rings. The van der Waals surface area contributed by atoms with E-state index >= 15 is 0 Å². The van der Waals surface area contributed by atoms with Gasteiger partial charge >= 0.3 is 5.97 Å². The number of carboxylic acid groups (broad SMARTS) is 1. The van der Waals surface area contributed by atoms with Crippen LogP contribution in [-0.4, -0.2) is 35.0 Å². The number of aliphatic carboxylic acids is 1. The van der Waals surface area contributed by atoms with E-state index in [2.05, 4.69) is 5.32 Å². The third-order valence-corrected chi connectivity index (χ3v) is 5.58. The summed E-state index contributed by atoms with van der Waals surface area (Å²) in [6.07, 6.45) is 0.153. The summed E-state index contributed by atoms with van der Waals surface area (Å²) in [6, 6.07) is 11.4. The number of hydrogen-bond acceptors (Lipinski definition) is 5. The minimum absolute atomic E-state index is 0.153. The summed E-state index contributed by atoms with van der Waals surface area (Å²) in [6.45, 7) is 2.30. The average Bonchev–Trinajstić information content (AvgIpc) is 2.96. The van der Waals surface area contributed by atoms with Gasteiger partial charge in [0.1, 0.15) is 11.5 Å². The molecule has 0 unspecified atom stereocenters. The largest absolute Gasteiger partial charge is 0.481 e. The van der Waals surface area contributed by atoms with Crippen molar-refractivity contribution in [3.05, 3.63) is 47.7 Å². The highest BCUT2D eigenvalue weighted by Crippen LogP contribution is 2.25. The van der Waals surface area contributed by atoms with Crippen LogP contribution in [0.1, 0.15) is 22.5 Å². The Morgan fingerprint density at radius 3 is 2.58 bits per heavy atom. The van der Waals surface area contributed by atoms with Gasteiger partial charge in [0.05, 0.1) is 12.0 Å². The minimum atomic E-state index is -0.791. The van der Waals surface area contributed by atoms with E-state index in [9.17, 15) is 9.59 Å². The number of benzene rings is 1. The van der Waals surface area contributed by atoms with Gasteiger partial charge in [-0.2, -0.15) is 0 Å². The Morgan fingerprint density at radius 2 is 1.88 bits per heavy atom. The molecule has 1 amide bonds. The quantitative estimate of drug-likeness (QED) is 0.519. The lowest BCUT2D eigenvalue weighted by molar-refractivity contribution is -0.136. The van der Waals surface area contributed by atoms with Gasteiger partial charge in [0.2, 0.25) is 0 Å². The normalized spacial score (nSPS) is 10.5. The van der Waals surface area contributed by atoms with Gasteiger partial charge in [-0.05, 0) is 13.0 Å². The maximum absolute atomic E-state index is 12.2. The van der Waals surface area contributed by atoms with Gasteiger partial charge in [-0.3, -0.25) is 9.59 Å². The molecule has 2 N–H and O–H groups in total. The summed E-state index contributed by atoms with van der Waals surface area (Å²) in [4.78, 5) is 22.6. The Bertz CT molecular complexity index is 685. The first-order valence-corrected chi connectivity index (χ1v) is 9.97. The first-order chi connectivity index (χ1) is 11.6. The molecule has 0 fully saturated rings. The van der Waals surface area contributed by atoms with E-state index in [1.807, 2.05) is 30.3 Å². The van der Waals surface area contributed by atoms with E-state index in [1.54, 1.807) is 23.8 Å². The molecule has 0 atom stereocenters. The molecule has 1 aromatic carbocycles. The zero-order valence-electron chi connectivity index (χ0n) is 13.3. The Hall–Kier alpha value is -1.86. The van der Waals surface area contributed by atoms with Crippen LogP contribution < -0.4 is 5.32 Å². The van der Waals surface area contributed by atoms with Gasteiger partial charge in [-0.25, -0.2) is 0 Å². The highest BCUT2D eigenvalue weighted by molar-refractivity contribution is 8.76. The lowest BCUT2D eigenvalue weighted by Gasteiger charge is -2.03. The zero-order valence-corrected chi connectivity index (χ0v) is 14.9. The van der Waals surface area contributed by atoms with Crippen molar-refractivity contribution in [1.29, 1.82) is 0 Å². The molecule has 2 rings (SSSR count). The predicted octanol–water partition coefficient (Wildman–Crippen LogP) is 3.84. The molecule has 1 aromatic heterocycles. The minimum Gasteiger partial charge on any atom is -0.481 e. The molecule has 128 valence electrons. The van der Waals surface area contributed by atoms with E-state index < -0.39 is 5.97 Å². The molecule has 2 aromatic rings. The van der Waals surface area contributed by atoms with Gasteiger partial charge in [0, 0.05) is 23.6 Å². The van der Waals surface area contributed by atoms with Gasteiger partial charge in [-0.1, -0.05) is 51.9 Å². The van der Waals surface area contributed by atoms with Crippen molar-refractivity contribution in [3.63, 3.8) is 0 Å². The second-order valence-electron chi connectivity index (χ2n) is 4.99. The molecule has 0 aliphatic heterocycles. The van der Waals surface area contributed by atoms with Crippen LogP contribution in [-0.2, 0) is 4.79 Å². The highest BCUT2D eigenvalue weighted by atomic mass is 33.1. The van der Waals surface area contributed by atoms with Gasteiger partial charge in [-0.15, -0.1) is 0 Å². The summed E-state index contributed by atoms with van der Waals surface area (Å²) < 4.78 is 5.68. The Kier molecular flexibility index (Phi) is 7.27. The number of furan rings is 1. The van der Waals surface area contributed by atoms with Crippen molar-refractivity contribution < 1.29 is 19.1 Å². The summed E-state index contributed by atoms with van der Waals surface area (Å²) >= 11 is 0. The number of hydrogen-bond donors (Lipinski definition) is 2. The average molecular weight is 365 g/mol. The van der Waals surface area contributed by atoms with E-state index in [0.29, 0.717) is 29.4 Å². The predicted molar refractivity (Wildman–Crippen MR) is 98.4 cm³/mol. The lowest BCUT2D eigenvalue weighted by atomic mass is 10.1. The number of rotatable bonds is 9. The molecule has 24 heavy (non-hydrogen) atoms. The molecule has 7 heteroatoms. The fraction of sp³-hybridized carbons (Fsp3) is 0.294. The van der Waals surface area contributed by atoms with Gasteiger partial charge in [0.25, 0.3) is 5.91 Å². The highest BCUT2D eigenvalue weighted by Gasteiger charge is 2.15. The van der Waals surface area contributed by atoms with Crippen molar-refractivity contribution in [2.75, 3.05) is 18.1 Å². The second-order valence-corrected chi connectivity index (χ2v) is 7.69. The molecule has 1 heterocycles. The van der Waals surface area contributed by atoms with Crippen LogP contribution >= 0.6 is 21.6 Å². The maximum atomic E-state index is 12.2. The van der Waals surface area contributed by atoms with Crippen molar-refractivity contribution in [1.82, 2.24) is 5.32 Å². The smallest absolute Gasteiger partial charge is 0.304 e. The summed E-state index contributed by atoms with van der Waals surface area (Å²) in [7, 11) is 3.05. The third kappa shape index (κ3) is 5.65. The zero-order chi connectivity index (χ0) is 17.4. The first-order valence-electron chi connectivity index (χ1n) is 7.48. The summed E-state index contributed by atoms with van der Waals surface area (Å²) in [5.74, 6) is 1.61. The van der Waals surface area contributed by atoms with E-state index in [-0.39, 0.29) is 12.3 Å². The van der Waals surface area contributed by atoms with Crippen LogP contribution in [0.2, 0.25) is 0 Å².